The van der Waals surface area contributed by atoms with Crippen LogP contribution in [0.5, 0.6) is 0 Å². The van der Waals surface area contributed by atoms with Crippen molar-refractivity contribution in [3.05, 3.63) is 40.1 Å². The third-order valence-corrected chi connectivity index (χ3v) is 7.62. The minimum Gasteiger partial charge on any atom is -0.480 e. The maximum Gasteiger partial charge on any atom is 0.326 e. The third-order valence-electron chi connectivity index (χ3n) is 4.43. The molecule has 0 aliphatic rings. The van der Waals surface area contributed by atoms with Gasteiger partial charge in [0.1, 0.15) is 17.1 Å². The standard InChI is InChI=1S/C18H20N6O5S3/c19-18(20)21-7-2-4-12(17(26)27)22-16(25)15-10(6-8-30-15)9-32(28,29)13-5-1-3-11-14(13)24-31-23-11/h1,3,5-6,8,12H,2,4,7,9H2,(H,22,25)(H,26,27)(H4,19,20,21)/t12-/m1/s1. The number of amides is 1. The van der Waals surface area contributed by atoms with Gasteiger partial charge in [-0.3, -0.25) is 9.79 Å². The highest BCUT2D eigenvalue weighted by atomic mass is 32.2. The maximum atomic E-state index is 13.0. The number of benzene rings is 1. The van der Waals surface area contributed by atoms with Crippen LogP contribution < -0.4 is 16.8 Å². The number of carbonyl (C=O) groups excluding carboxylic acids is 1. The van der Waals surface area contributed by atoms with Gasteiger partial charge in [0, 0.05) is 6.54 Å². The van der Waals surface area contributed by atoms with E-state index in [0.29, 0.717) is 11.9 Å². The van der Waals surface area contributed by atoms with Crippen LogP contribution in [0.3, 0.4) is 0 Å². The van der Waals surface area contributed by atoms with Gasteiger partial charge in [0.15, 0.2) is 15.8 Å². The van der Waals surface area contributed by atoms with Gasteiger partial charge in [-0.15, -0.1) is 11.3 Å². The van der Waals surface area contributed by atoms with Crippen molar-refractivity contribution in [2.75, 3.05) is 6.54 Å². The van der Waals surface area contributed by atoms with Crippen LogP contribution in [0.2, 0.25) is 0 Å². The van der Waals surface area contributed by atoms with Crippen molar-refractivity contribution in [2.45, 2.75) is 29.5 Å². The molecule has 3 rings (SSSR count). The van der Waals surface area contributed by atoms with Crippen molar-refractivity contribution >= 4 is 61.8 Å². The second-order valence-electron chi connectivity index (χ2n) is 6.74. The van der Waals surface area contributed by atoms with Gasteiger partial charge >= 0.3 is 5.97 Å². The first kappa shape index (κ1) is 23.6. The number of guanidine groups is 1. The lowest BCUT2D eigenvalue weighted by Crippen LogP contribution is -2.41. The van der Waals surface area contributed by atoms with E-state index < -0.39 is 33.5 Å². The van der Waals surface area contributed by atoms with Gasteiger partial charge < -0.3 is 21.9 Å². The van der Waals surface area contributed by atoms with Crippen molar-refractivity contribution in [3.63, 3.8) is 0 Å². The van der Waals surface area contributed by atoms with Crippen LogP contribution in [0.15, 0.2) is 39.5 Å². The summed E-state index contributed by atoms with van der Waals surface area (Å²) in [7, 11) is -3.83. The number of hydrogen-bond acceptors (Lipinski definition) is 9. The quantitative estimate of drug-likeness (QED) is 0.180. The molecule has 170 valence electrons. The highest BCUT2D eigenvalue weighted by Gasteiger charge is 2.26. The number of aliphatic imine (C=N–C) groups is 1. The molecule has 0 radical (unpaired) electrons. The van der Waals surface area contributed by atoms with Crippen LogP contribution in [0.1, 0.15) is 28.1 Å². The molecule has 0 bridgehead atoms. The molecule has 0 fully saturated rings. The zero-order valence-electron chi connectivity index (χ0n) is 16.6. The lowest BCUT2D eigenvalue weighted by molar-refractivity contribution is -0.139. The first-order valence-corrected chi connectivity index (χ1v) is 12.5. The number of aromatic nitrogens is 2. The Morgan fingerprint density at radius 3 is 2.72 bits per heavy atom. The molecule has 6 N–H and O–H groups in total. The molecule has 1 aromatic carbocycles. The van der Waals surface area contributed by atoms with Gasteiger partial charge in [0.2, 0.25) is 0 Å². The van der Waals surface area contributed by atoms with Crippen molar-refractivity contribution in [3.8, 4) is 0 Å². The van der Waals surface area contributed by atoms with Crippen molar-refractivity contribution in [1.29, 1.82) is 0 Å². The summed E-state index contributed by atoms with van der Waals surface area (Å²) in [5, 5.41) is 13.4. The molecule has 11 nitrogen and oxygen atoms in total. The first-order valence-electron chi connectivity index (χ1n) is 9.28. The Kier molecular flexibility index (Phi) is 7.37. The molecule has 2 aromatic heterocycles. The normalized spacial score (nSPS) is 12.4. The number of hydrogen-bond donors (Lipinski definition) is 4. The van der Waals surface area contributed by atoms with Gasteiger partial charge in [0.25, 0.3) is 5.91 Å². The zero-order valence-corrected chi connectivity index (χ0v) is 19.0. The first-order chi connectivity index (χ1) is 15.2. The molecule has 14 heteroatoms. The summed E-state index contributed by atoms with van der Waals surface area (Å²) in [5.74, 6) is -2.41. The summed E-state index contributed by atoms with van der Waals surface area (Å²) in [6.45, 7) is 0.224. The molecule has 0 spiro atoms. The Hall–Kier alpha value is -3.10. The number of thiophene rings is 1. The monoisotopic (exact) mass is 496 g/mol. The molecule has 0 unspecified atom stereocenters. The van der Waals surface area contributed by atoms with Crippen LogP contribution in [0, 0.1) is 0 Å². The molecule has 1 atom stereocenters. The fourth-order valence-electron chi connectivity index (χ4n) is 2.95. The smallest absolute Gasteiger partial charge is 0.326 e. The predicted molar refractivity (Wildman–Crippen MR) is 121 cm³/mol. The lowest BCUT2D eigenvalue weighted by Gasteiger charge is -2.14. The molecule has 2 heterocycles. The second kappa shape index (κ2) is 10.0. The van der Waals surface area contributed by atoms with E-state index in [2.05, 4.69) is 19.1 Å². The number of carboxylic acid groups (broad SMARTS) is 1. The molecule has 0 aliphatic heterocycles. The summed E-state index contributed by atoms with van der Waals surface area (Å²) in [5.41, 5.74) is 11.5. The molecule has 3 aromatic rings. The Labute approximate surface area is 191 Å². The van der Waals surface area contributed by atoms with E-state index in [9.17, 15) is 23.1 Å². The fraction of sp³-hybridized carbons (Fsp3) is 0.278. The summed E-state index contributed by atoms with van der Waals surface area (Å²) in [6.07, 6.45) is 0.447. The van der Waals surface area contributed by atoms with Gasteiger partial charge in [-0.1, -0.05) is 6.07 Å². The fourth-order valence-corrected chi connectivity index (χ4v) is 6.01. The molecular weight excluding hydrogens is 476 g/mol. The Balaban J connectivity index is 1.75. The zero-order chi connectivity index (χ0) is 23.3. The van der Waals surface area contributed by atoms with Crippen molar-refractivity contribution in [1.82, 2.24) is 14.1 Å². The Morgan fingerprint density at radius 1 is 1.22 bits per heavy atom. The van der Waals surface area contributed by atoms with E-state index in [4.69, 9.17) is 11.5 Å². The summed E-state index contributed by atoms with van der Waals surface area (Å²) in [4.78, 5) is 28.2. The number of rotatable bonds is 10. The van der Waals surface area contributed by atoms with E-state index in [0.717, 1.165) is 23.1 Å². The number of aliphatic carboxylic acids is 1. The van der Waals surface area contributed by atoms with E-state index in [1.165, 1.54) is 12.1 Å². The average Bonchev–Trinajstić information content (AvgIpc) is 3.38. The van der Waals surface area contributed by atoms with E-state index in [1.807, 2.05) is 0 Å². The highest BCUT2D eigenvalue weighted by molar-refractivity contribution is 7.90. The minimum atomic E-state index is -3.83. The van der Waals surface area contributed by atoms with Crippen LogP contribution in [0.25, 0.3) is 11.0 Å². The molecular formula is C18H20N6O5S3. The van der Waals surface area contributed by atoms with Gasteiger partial charge in [0.05, 0.1) is 27.3 Å². The Bertz CT molecular complexity index is 1260. The topological polar surface area (TPSA) is 191 Å². The maximum absolute atomic E-state index is 13.0. The summed E-state index contributed by atoms with van der Waals surface area (Å²) in [6, 6.07) is 5.06. The number of sulfone groups is 1. The largest absolute Gasteiger partial charge is 0.480 e. The summed E-state index contributed by atoms with van der Waals surface area (Å²) < 4.78 is 34.2. The highest BCUT2D eigenvalue weighted by Crippen LogP contribution is 2.27. The molecule has 32 heavy (non-hydrogen) atoms. The molecule has 1 amide bonds. The molecule has 0 aliphatic carbocycles. The SMILES string of the molecule is NC(N)=NCCC[C@@H](NC(=O)c1sccc1CS(=O)(=O)c1cccc2nsnc12)C(=O)O. The Morgan fingerprint density at radius 2 is 2.00 bits per heavy atom. The number of carbonyl (C=O) groups is 2. The van der Waals surface area contributed by atoms with E-state index >= 15 is 0 Å². The van der Waals surface area contributed by atoms with E-state index in [1.54, 1.807) is 17.5 Å². The number of nitrogens with zero attached hydrogens (tertiary/aromatic N) is 3. The molecule has 0 saturated carbocycles. The van der Waals surface area contributed by atoms with Crippen LogP contribution in [-0.2, 0) is 20.4 Å². The van der Waals surface area contributed by atoms with Gasteiger partial charge in [-0.2, -0.15) is 8.75 Å². The second-order valence-corrected chi connectivity index (χ2v) is 10.1. The number of carboxylic acids is 1. The van der Waals surface area contributed by atoms with Gasteiger partial charge in [-0.25, -0.2) is 13.2 Å². The van der Waals surface area contributed by atoms with Crippen LogP contribution in [-0.4, -0.2) is 52.7 Å². The lowest BCUT2D eigenvalue weighted by atomic mass is 10.1. The van der Waals surface area contributed by atoms with Crippen molar-refractivity contribution < 1.29 is 23.1 Å². The average molecular weight is 497 g/mol. The van der Waals surface area contributed by atoms with E-state index in [-0.39, 0.29) is 39.8 Å². The van der Waals surface area contributed by atoms with Crippen LogP contribution in [0.4, 0.5) is 0 Å². The minimum absolute atomic E-state index is 0.0319. The number of nitrogens with two attached hydrogens (primary N) is 2. The number of nitrogens with one attached hydrogen (secondary N) is 1. The van der Waals surface area contributed by atoms with Crippen LogP contribution >= 0.6 is 23.1 Å². The van der Waals surface area contributed by atoms with Gasteiger partial charge in [-0.05, 0) is 42.0 Å². The third kappa shape index (κ3) is 5.57. The number of fused-ring (bicyclic) bond motifs is 1. The molecule has 0 saturated heterocycles. The summed E-state index contributed by atoms with van der Waals surface area (Å²) >= 11 is 1.95. The predicted octanol–water partition coefficient (Wildman–Crippen LogP) is 0.963. The van der Waals surface area contributed by atoms with Crippen molar-refractivity contribution in [2.24, 2.45) is 16.5 Å².